The quantitative estimate of drug-likeness (QED) is 0.854. The van der Waals surface area contributed by atoms with Gasteiger partial charge in [0.15, 0.2) is 0 Å². The molecule has 1 aliphatic rings. The van der Waals surface area contributed by atoms with Crippen LogP contribution in [0.2, 0.25) is 10.6 Å². The molecule has 1 saturated carbocycles. The Morgan fingerprint density at radius 3 is 2.32 bits per heavy atom. The zero-order valence-electron chi connectivity index (χ0n) is 10.5. The van der Waals surface area contributed by atoms with Crippen LogP contribution in [0.5, 0.6) is 0 Å². The first-order valence-electron chi connectivity index (χ1n) is 6.41. The number of anilines is 1. The molecular formula is C12H15Cl2N5. The van der Waals surface area contributed by atoms with E-state index in [2.05, 4.69) is 21.0 Å². The lowest BCUT2D eigenvalue weighted by Crippen LogP contribution is -2.38. The molecule has 0 radical (unpaired) electrons. The highest BCUT2D eigenvalue weighted by molar-refractivity contribution is 6.31. The van der Waals surface area contributed by atoms with Gasteiger partial charge in [0.05, 0.1) is 12.5 Å². The Labute approximate surface area is 122 Å². The first-order valence-corrected chi connectivity index (χ1v) is 7.17. The van der Waals surface area contributed by atoms with Crippen molar-refractivity contribution >= 4 is 29.2 Å². The summed E-state index contributed by atoms with van der Waals surface area (Å²) >= 11 is 11.7. The number of hydrogen-bond acceptors (Lipinski definition) is 5. The molecule has 0 saturated heterocycles. The molecule has 7 heteroatoms. The number of hydrogen-bond donors (Lipinski definition) is 0. The summed E-state index contributed by atoms with van der Waals surface area (Å²) in [5.41, 5.74) is 0. The summed E-state index contributed by atoms with van der Waals surface area (Å²) in [6.45, 7) is 0.595. The monoisotopic (exact) mass is 299 g/mol. The molecule has 1 aliphatic carbocycles. The Morgan fingerprint density at radius 2 is 1.74 bits per heavy atom. The summed E-state index contributed by atoms with van der Waals surface area (Å²) in [4.78, 5) is 14.1. The third kappa shape index (κ3) is 3.92. The number of rotatable bonds is 4. The number of halogens is 2. The lowest BCUT2D eigenvalue weighted by atomic mass is 9.94. The first kappa shape index (κ1) is 14.3. The van der Waals surface area contributed by atoms with Crippen LogP contribution in [-0.2, 0) is 0 Å². The van der Waals surface area contributed by atoms with Gasteiger partial charge >= 0.3 is 0 Å². The largest absolute Gasteiger partial charge is 0.337 e. The summed E-state index contributed by atoms with van der Waals surface area (Å²) in [6, 6.07) is 2.52. The summed E-state index contributed by atoms with van der Waals surface area (Å²) in [6.07, 6.45) is 6.26. The minimum absolute atomic E-state index is 0.0905. The van der Waals surface area contributed by atoms with E-state index in [-0.39, 0.29) is 10.6 Å². The van der Waals surface area contributed by atoms with Crippen LogP contribution in [0.25, 0.3) is 0 Å². The van der Waals surface area contributed by atoms with Gasteiger partial charge in [-0.1, -0.05) is 19.3 Å². The van der Waals surface area contributed by atoms with Crippen molar-refractivity contribution in [3.8, 4) is 6.07 Å². The maximum absolute atomic E-state index is 8.79. The van der Waals surface area contributed by atoms with Gasteiger partial charge in [-0.3, -0.25) is 0 Å². The van der Waals surface area contributed by atoms with E-state index >= 15 is 0 Å². The van der Waals surface area contributed by atoms with E-state index < -0.39 is 0 Å². The minimum atomic E-state index is 0.0905. The normalized spacial score (nSPS) is 16.1. The predicted octanol–water partition coefficient (Wildman–Crippen LogP) is 3.23. The Morgan fingerprint density at radius 1 is 1.11 bits per heavy atom. The third-order valence-corrected chi connectivity index (χ3v) is 3.64. The fourth-order valence-electron chi connectivity index (χ4n) is 2.45. The van der Waals surface area contributed by atoms with Crippen molar-refractivity contribution in [3.05, 3.63) is 10.6 Å². The molecular weight excluding hydrogens is 285 g/mol. The van der Waals surface area contributed by atoms with Crippen LogP contribution in [0.3, 0.4) is 0 Å². The lowest BCUT2D eigenvalue weighted by Gasteiger charge is -2.33. The molecule has 1 heterocycles. The molecule has 1 fully saturated rings. The maximum Gasteiger partial charge on any atom is 0.231 e. The molecule has 0 aromatic carbocycles. The van der Waals surface area contributed by atoms with Gasteiger partial charge in [-0.15, -0.1) is 0 Å². The fourth-order valence-corrected chi connectivity index (χ4v) is 2.81. The first-order chi connectivity index (χ1) is 9.20. The van der Waals surface area contributed by atoms with Crippen molar-refractivity contribution in [2.45, 2.75) is 44.6 Å². The third-order valence-electron chi connectivity index (χ3n) is 3.31. The van der Waals surface area contributed by atoms with Crippen molar-refractivity contribution in [1.29, 1.82) is 5.26 Å². The Balaban J connectivity index is 2.22. The Kier molecular flexibility index (Phi) is 5.17. The Bertz CT molecular complexity index is 447. The molecule has 0 spiro atoms. The van der Waals surface area contributed by atoms with E-state index in [4.69, 9.17) is 28.5 Å². The standard InChI is InChI=1S/C12H15Cl2N5/c13-10-16-11(14)18-12(17-10)19(8-4-7-15)9-5-2-1-3-6-9/h9H,1-6,8H2. The average Bonchev–Trinajstić information content (AvgIpc) is 2.39. The van der Waals surface area contributed by atoms with Crippen LogP contribution < -0.4 is 4.90 Å². The molecule has 5 nitrogen and oxygen atoms in total. The molecule has 1 aromatic rings. The van der Waals surface area contributed by atoms with Crippen molar-refractivity contribution in [1.82, 2.24) is 15.0 Å². The molecule has 0 aliphatic heterocycles. The van der Waals surface area contributed by atoms with E-state index in [1.54, 1.807) is 0 Å². The van der Waals surface area contributed by atoms with Crippen LogP contribution in [-0.4, -0.2) is 27.5 Å². The van der Waals surface area contributed by atoms with Gasteiger partial charge in [0.25, 0.3) is 0 Å². The molecule has 19 heavy (non-hydrogen) atoms. The summed E-state index contributed by atoms with van der Waals surface area (Å²) in [5, 5.41) is 8.97. The zero-order valence-corrected chi connectivity index (χ0v) is 12.0. The summed E-state index contributed by atoms with van der Waals surface area (Å²) in [7, 11) is 0. The SMILES string of the molecule is N#CCCN(c1nc(Cl)nc(Cl)n1)C1CCCCC1. The van der Waals surface area contributed by atoms with Crippen LogP contribution in [0.15, 0.2) is 0 Å². The van der Waals surface area contributed by atoms with Gasteiger partial charge in [-0.25, -0.2) is 0 Å². The number of nitriles is 1. The fraction of sp³-hybridized carbons (Fsp3) is 0.667. The molecule has 0 unspecified atom stereocenters. The molecule has 0 amide bonds. The van der Waals surface area contributed by atoms with Gasteiger partial charge in [-0.05, 0) is 36.0 Å². The zero-order chi connectivity index (χ0) is 13.7. The van der Waals surface area contributed by atoms with E-state index in [1.807, 2.05) is 4.90 Å². The highest BCUT2D eigenvalue weighted by atomic mass is 35.5. The van der Waals surface area contributed by atoms with Crippen LogP contribution in [0.1, 0.15) is 38.5 Å². The van der Waals surface area contributed by atoms with E-state index in [1.165, 1.54) is 19.3 Å². The van der Waals surface area contributed by atoms with Crippen LogP contribution in [0, 0.1) is 11.3 Å². The van der Waals surface area contributed by atoms with Crippen molar-refractivity contribution < 1.29 is 0 Å². The highest BCUT2D eigenvalue weighted by Crippen LogP contribution is 2.26. The van der Waals surface area contributed by atoms with Crippen molar-refractivity contribution in [2.24, 2.45) is 0 Å². The van der Waals surface area contributed by atoms with E-state index in [9.17, 15) is 0 Å². The second kappa shape index (κ2) is 6.88. The minimum Gasteiger partial charge on any atom is -0.337 e. The van der Waals surface area contributed by atoms with Crippen molar-refractivity contribution in [3.63, 3.8) is 0 Å². The summed E-state index contributed by atoms with van der Waals surface area (Å²) in [5.74, 6) is 0.479. The number of nitrogens with zero attached hydrogens (tertiary/aromatic N) is 5. The van der Waals surface area contributed by atoms with Gasteiger partial charge in [-0.2, -0.15) is 20.2 Å². The molecule has 102 valence electrons. The van der Waals surface area contributed by atoms with Gasteiger partial charge in [0.1, 0.15) is 0 Å². The second-order valence-electron chi connectivity index (χ2n) is 4.57. The molecule has 2 rings (SSSR count). The second-order valence-corrected chi connectivity index (χ2v) is 5.24. The number of aromatic nitrogens is 3. The van der Waals surface area contributed by atoms with Crippen molar-refractivity contribution in [2.75, 3.05) is 11.4 Å². The van der Waals surface area contributed by atoms with Gasteiger partial charge in [0.2, 0.25) is 16.5 Å². The smallest absolute Gasteiger partial charge is 0.231 e. The molecule has 0 N–H and O–H groups in total. The van der Waals surface area contributed by atoms with Crippen LogP contribution in [0.4, 0.5) is 5.95 Å². The van der Waals surface area contributed by atoms with E-state index in [0.29, 0.717) is 25.0 Å². The highest BCUT2D eigenvalue weighted by Gasteiger charge is 2.23. The lowest BCUT2D eigenvalue weighted by molar-refractivity contribution is 0.411. The van der Waals surface area contributed by atoms with Gasteiger partial charge in [0, 0.05) is 12.6 Å². The average molecular weight is 300 g/mol. The summed E-state index contributed by atoms with van der Waals surface area (Å²) < 4.78 is 0. The van der Waals surface area contributed by atoms with E-state index in [0.717, 1.165) is 12.8 Å². The molecule has 1 aromatic heterocycles. The topological polar surface area (TPSA) is 65.7 Å². The molecule has 0 bridgehead atoms. The van der Waals surface area contributed by atoms with Gasteiger partial charge < -0.3 is 4.90 Å². The van der Waals surface area contributed by atoms with Crippen LogP contribution >= 0.6 is 23.2 Å². The maximum atomic E-state index is 8.79. The molecule has 0 atom stereocenters. The Hall–Kier alpha value is -1.12. The predicted molar refractivity (Wildman–Crippen MR) is 74.3 cm³/mol.